The van der Waals surface area contributed by atoms with Gasteiger partial charge in [0.05, 0.1) is 18.4 Å². The first-order chi connectivity index (χ1) is 15.2. The smallest absolute Gasteiger partial charge is 0.328 e. The van der Waals surface area contributed by atoms with Gasteiger partial charge >= 0.3 is 5.97 Å². The van der Waals surface area contributed by atoms with Gasteiger partial charge in [-0.2, -0.15) is 0 Å². The normalized spacial score (nSPS) is 11.4. The van der Waals surface area contributed by atoms with Crippen molar-refractivity contribution in [2.75, 3.05) is 0 Å². The SMILES string of the molecule is O=C(O)/C=C/c1ncccc1N=P(c1ccccc1)(c1ccccc1)c1ccccc1. The molecule has 4 rings (SSSR count). The van der Waals surface area contributed by atoms with Crippen LogP contribution in [0.4, 0.5) is 5.69 Å². The third kappa shape index (κ3) is 4.40. The first-order valence-electron chi connectivity index (χ1n) is 9.85. The molecule has 0 saturated carbocycles. The van der Waals surface area contributed by atoms with Gasteiger partial charge in [0.1, 0.15) is 0 Å². The molecule has 0 atom stereocenters. The molecule has 0 fully saturated rings. The minimum Gasteiger partial charge on any atom is -0.478 e. The Bertz CT molecular complexity index is 1150. The minimum atomic E-state index is -2.45. The van der Waals surface area contributed by atoms with E-state index in [1.807, 2.05) is 66.7 Å². The van der Waals surface area contributed by atoms with E-state index >= 15 is 0 Å². The van der Waals surface area contributed by atoms with Crippen LogP contribution < -0.4 is 15.9 Å². The molecule has 0 unspecified atom stereocenters. The fourth-order valence-corrected chi connectivity index (χ4v) is 7.03. The van der Waals surface area contributed by atoms with Crippen LogP contribution in [0.15, 0.2) is 120 Å². The second-order valence-electron chi connectivity index (χ2n) is 6.82. The van der Waals surface area contributed by atoms with Crippen molar-refractivity contribution in [3.63, 3.8) is 0 Å². The van der Waals surface area contributed by atoms with Crippen LogP contribution in [0.3, 0.4) is 0 Å². The van der Waals surface area contributed by atoms with Gasteiger partial charge in [-0.3, -0.25) is 9.73 Å². The van der Waals surface area contributed by atoms with E-state index < -0.39 is 13.0 Å². The third-order valence-electron chi connectivity index (χ3n) is 4.85. The van der Waals surface area contributed by atoms with Gasteiger partial charge < -0.3 is 5.11 Å². The third-order valence-corrected chi connectivity index (χ3v) is 8.50. The van der Waals surface area contributed by atoms with Crippen molar-refractivity contribution in [2.45, 2.75) is 0 Å². The van der Waals surface area contributed by atoms with Crippen molar-refractivity contribution in [3.8, 4) is 0 Å². The number of aromatic nitrogens is 1. The van der Waals surface area contributed by atoms with Gasteiger partial charge in [0, 0.05) is 28.2 Å². The summed E-state index contributed by atoms with van der Waals surface area (Å²) in [4.78, 5) is 15.5. The predicted molar refractivity (Wildman–Crippen MR) is 128 cm³/mol. The van der Waals surface area contributed by atoms with Crippen LogP contribution in [0.2, 0.25) is 0 Å². The molecule has 0 aliphatic heterocycles. The largest absolute Gasteiger partial charge is 0.478 e. The maximum absolute atomic E-state index is 11.1. The van der Waals surface area contributed by atoms with E-state index in [0.717, 1.165) is 22.0 Å². The summed E-state index contributed by atoms with van der Waals surface area (Å²) >= 11 is 0. The quantitative estimate of drug-likeness (QED) is 0.350. The summed E-state index contributed by atoms with van der Waals surface area (Å²) in [5, 5.41) is 12.4. The van der Waals surface area contributed by atoms with Gasteiger partial charge in [-0.1, -0.05) is 91.0 Å². The number of hydrogen-bond donors (Lipinski definition) is 1. The average molecular weight is 424 g/mol. The standard InChI is InChI=1S/C26H21N2O2P/c29-26(30)19-18-24-25(17-10-20-27-24)28-31(21-11-4-1-5-12-21,22-13-6-2-7-14-22)23-15-8-3-9-16-23/h1-20H,(H,29,30)/b19-18+. The molecule has 1 heterocycles. The van der Waals surface area contributed by atoms with Crippen LogP contribution in [0.5, 0.6) is 0 Å². The topological polar surface area (TPSA) is 62.5 Å². The second kappa shape index (κ2) is 9.38. The van der Waals surface area contributed by atoms with Crippen molar-refractivity contribution < 1.29 is 9.90 Å². The lowest BCUT2D eigenvalue weighted by molar-refractivity contribution is -0.131. The maximum atomic E-state index is 11.1. The van der Waals surface area contributed by atoms with Gasteiger partial charge in [0.25, 0.3) is 0 Å². The zero-order chi connectivity index (χ0) is 21.5. The fourth-order valence-electron chi connectivity index (χ4n) is 3.49. The van der Waals surface area contributed by atoms with E-state index in [0.29, 0.717) is 11.4 Å². The number of rotatable bonds is 6. The van der Waals surface area contributed by atoms with Crippen molar-refractivity contribution in [3.05, 3.63) is 121 Å². The lowest BCUT2D eigenvalue weighted by Gasteiger charge is -2.27. The minimum absolute atomic E-state index is 0.525. The Hall–Kier alpha value is -3.75. The summed E-state index contributed by atoms with van der Waals surface area (Å²) in [6.45, 7) is 0. The van der Waals surface area contributed by atoms with Gasteiger partial charge in [-0.15, -0.1) is 0 Å². The summed E-state index contributed by atoms with van der Waals surface area (Å²) in [5.41, 5.74) is 1.18. The summed E-state index contributed by atoms with van der Waals surface area (Å²) in [5.74, 6) is -1.02. The maximum Gasteiger partial charge on any atom is 0.328 e. The van der Waals surface area contributed by atoms with Gasteiger partial charge in [0.15, 0.2) is 0 Å². The van der Waals surface area contributed by atoms with Gasteiger partial charge in [0.2, 0.25) is 0 Å². The molecule has 0 radical (unpaired) electrons. The highest BCUT2D eigenvalue weighted by atomic mass is 31.2. The predicted octanol–water partition coefficient (Wildman–Crippen LogP) is 4.99. The Labute approximate surface area is 181 Å². The molecule has 4 aromatic rings. The van der Waals surface area contributed by atoms with Crippen molar-refractivity contribution in [1.82, 2.24) is 4.98 Å². The molecule has 5 heteroatoms. The molecule has 0 aliphatic rings. The molecule has 152 valence electrons. The number of nitrogens with zero attached hydrogens (tertiary/aromatic N) is 2. The first kappa shape index (κ1) is 20.5. The van der Waals surface area contributed by atoms with Crippen LogP contribution in [-0.4, -0.2) is 16.1 Å². The van der Waals surface area contributed by atoms with Crippen molar-refractivity contribution >= 4 is 40.7 Å². The monoisotopic (exact) mass is 424 g/mol. The van der Waals surface area contributed by atoms with Crippen molar-refractivity contribution in [1.29, 1.82) is 0 Å². The van der Waals surface area contributed by atoms with Gasteiger partial charge in [-0.25, -0.2) is 4.79 Å². The van der Waals surface area contributed by atoms with Crippen LogP contribution in [0.25, 0.3) is 6.08 Å². The van der Waals surface area contributed by atoms with E-state index in [1.165, 1.54) is 6.08 Å². The molecule has 31 heavy (non-hydrogen) atoms. The van der Waals surface area contributed by atoms with Crippen LogP contribution in [0.1, 0.15) is 5.69 Å². The van der Waals surface area contributed by atoms with Crippen molar-refractivity contribution in [2.24, 2.45) is 4.74 Å². The molecule has 1 N–H and O–H groups in total. The van der Waals surface area contributed by atoms with Crippen LogP contribution in [0, 0.1) is 0 Å². The lowest BCUT2D eigenvalue weighted by atomic mass is 10.3. The Morgan fingerprint density at radius 2 is 1.23 bits per heavy atom. The zero-order valence-electron chi connectivity index (χ0n) is 16.7. The lowest BCUT2D eigenvalue weighted by Crippen LogP contribution is -2.25. The molecule has 1 aromatic heterocycles. The second-order valence-corrected chi connectivity index (χ2v) is 9.84. The number of carbonyl (C=O) groups is 1. The van der Waals surface area contributed by atoms with E-state index in [9.17, 15) is 4.79 Å². The summed E-state index contributed by atoms with van der Waals surface area (Å²) in [6.07, 6.45) is 4.24. The number of carboxylic acid groups (broad SMARTS) is 1. The fraction of sp³-hybridized carbons (Fsp3) is 0. The Balaban J connectivity index is 2.11. The number of pyridine rings is 1. The molecule has 0 bridgehead atoms. The zero-order valence-corrected chi connectivity index (χ0v) is 17.6. The number of benzene rings is 3. The first-order valence-corrected chi connectivity index (χ1v) is 11.6. The van der Waals surface area contributed by atoms with E-state index in [1.54, 1.807) is 6.20 Å². The molecule has 0 saturated heterocycles. The summed E-state index contributed by atoms with van der Waals surface area (Å²) in [7, 11) is -2.45. The highest BCUT2D eigenvalue weighted by Gasteiger charge is 2.27. The summed E-state index contributed by atoms with van der Waals surface area (Å²) in [6, 6.07) is 34.5. The molecule has 0 spiro atoms. The molecular formula is C26H21N2O2P. The Morgan fingerprint density at radius 3 is 1.68 bits per heavy atom. The molecule has 0 amide bonds. The van der Waals surface area contributed by atoms with E-state index in [-0.39, 0.29) is 0 Å². The highest BCUT2D eigenvalue weighted by Crippen LogP contribution is 2.49. The van der Waals surface area contributed by atoms with Crippen LogP contribution >= 0.6 is 7.05 Å². The van der Waals surface area contributed by atoms with E-state index in [4.69, 9.17) is 9.85 Å². The Kier molecular flexibility index (Phi) is 6.21. The van der Waals surface area contributed by atoms with Gasteiger partial charge in [-0.05, 0) is 18.2 Å². The van der Waals surface area contributed by atoms with Crippen LogP contribution in [-0.2, 0) is 4.79 Å². The average Bonchev–Trinajstić information content (AvgIpc) is 2.83. The number of hydrogen-bond acceptors (Lipinski definition) is 3. The summed E-state index contributed by atoms with van der Waals surface area (Å²) < 4.78 is 5.38. The molecule has 3 aromatic carbocycles. The van der Waals surface area contributed by atoms with E-state index in [2.05, 4.69) is 41.4 Å². The molecular weight excluding hydrogens is 403 g/mol. The highest BCUT2D eigenvalue weighted by molar-refractivity contribution is 7.87. The Morgan fingerprint density at radius 1 is 0.742 bits per heavy atom. The number of carboxylic acids is 1. The number of aliphatic carboxylic acids is 1. The molecule has 0 aliphatic carbocycles. The molecule has 4 nitrogen and oxygen atoms in total.